The summed E-state index contributed by atoms with van der Waals surface area (Å²) in [6.07, 6.45) is 0. The second-order valence-corrected chi connectivity index (χ2v) is 2.86. The molecule has 86 valence electrons. The monoisotopic (exact) mass is 226 g/mol. The molecule has 0 saturated carbocycles. The van der Waals surface area contributed by atoms with Gasteiger partial charge in [0.25, 0.3) is 5.69 Å². The molecule has 1 aromatic carbocycles. The third-order valence-corrected chi connectivity index (χ3v) is 1.97. The number of methoxy groups -OCH3 is 2. The SMILES string of the molecule is COC(=O)c1cc(OC)cc([N+](=O)[O-])c1N. The van der Waals surface area contributed by atoms with Crippen LogP contribution in [0.5, 0.6) is 5.75 Å². The number of hydrogen-bond acceptors (Lipinski definition) is 6. The molecule has 0 unspecified atom stereocenters. The van der Waals surface area contributed by atoms with E-state index in [1.54, 1.807) is 0 Å². The lowest BCUT2D eigenvalue weighted by molar-refractivity contribution is -0.384. The average molecular weight is 226 g/mol. The number of rotatable bonds is 3. The van der Waals surface area contributed by atoms with E-state index in [0.717, 1.165) is 13.2 Å². The lowest BCUT2D eigenvalue weighted by Crippen LogP contribution is -2.08. The van der Waals surface area contributed by atoms with Gasteiger partial charge in [0, 0.05) is 0 Å². The first-order chi connectivity index (χ1) is 7.51. The molecule has 1 aromatic rings. The van der Waals surface area contributed by atoms with E-state index in [1.165, 1.54) is 13.2 Å². The summed E-state index contributed by atoms with van der Waals surface area (Å²) in [5, 5.41) is 10.7. The van der Waals surface area contributed by atoms with E-state index in [-0.39, 0.29) is 22.7 Å². The number of esters is 1. The van der Waals surface area contributed by atoms with Gasteiger partial charge in [-0.2, -0.15) is 0 Å². The van der Waals surface area contributed by atoms with Crippen molar-refractivity contribution in [2.24, 2.45) is 0 Å². The molecular weight excluding hydrogens is 216 g/mol. The van der Waals surface area contributed by atoms with Crippen LogP contribution in [0, 0.1) is 10.1 Å². The summed E-state index contributed by atoms with van der Waals surface area (Å²) in [4.78, 5) is 21.3. The Balaban J connectivity index is 3.43. The second kappa shape index (κ2) is 4.47. The zero-order valence-electron chi connectivity index (χ0n) is 8.72. The highest BCUT2D eigenvalue weighted by Gasteiger charge is 2.22. The topological polar surface area (TPSA) is 105 Å². The van der Waals surface area contributed by atoms with E-state index in [0.29, 0.717) is 0 Å². The summed E-state index contributed by atoms with van der Waals surface area (Å²) >= 11 is 0. The normalized spacial score (nSPS) is 9.62. The number of nitro benzene ring substituents is 1. The number of nitro groups is 1. The van der Waals surface area contributed by atoms with E-state index < -0.39 is 10.9 Å². The van der Waals surface area contributed by atoms with Crippen LogP contribution >= 0.6 is 0 Å². The highest BCUT2D eigenvalue weighted by Crippen LogP contribution is 2.31. The van der Waals surface area contributed by atoms with E-state index >= 15 is 0 Å². The minimum atomic E-state index is -0.750. The molecule has 0 aliphatic rings. The van der Waals surface area contributed by atoms with Crippen molar-refractivity contribution in [2.45, 2.75) is 0 Å². The van der Waals surface area contributed by atoms with Gasteiger partial charge in [-0.15, -0.1) is 0 Å². The quantitative estimate of drug-likeness (QED) is 0.356. The lowest BCUT2D eigenvalue weighted by Gasteiger charge is -2.07. The Morgan fingerprint density at radius 3 is 2.50 bits per heavy atom. The molecule has 0 aliphatic heterocycles. The summed E-state index contributed by atoms with van der Waals surface area (Å²) in [6, 6.07) is 2.43. The highest BCUT2D eigenvalue weighted by atomic mass is 16.6. The summed E-state index contributed by atoms with van der Waals surface area (Å²) < 4.78 is 9.28. The maximum Gasteiger partial charge on any atom is 0.340 e. The summed E-state index contributed by atoms with van der Waals surface area (Å²) in [7, 11) is 2.49. The first-order valence-electron chi connectivity index (χ1n) is 4.21. The second-order valence-electron chi connectivity index (χ2n) is 2.86. The van der Waals surface area contributed by atoms with Crippen molar-refractivity contribution >= 4 is 17.3 Å². The zero-order valence-corrected chi connectivity index (χ0v) is 8.72. The minimum absolute atomic E-state index is 0.0893. The van der Waals surface area contributed by atoms with Crippen molar-refractivity contribution in [1.29, 1.82) is 0 Å². The van der Waals surface area contributed by atoms with Gasteiger partial charge in [0.15, 0.2) is 0 Å². The molecule has 0 bridgehead atoms. The molecule has 0 radical (unpaired) electrons. The Bertz CT molecular complexity index is 444. The molecule has 7 heteroatoms. The number of anilines is 1. The number of nitrogens with two attached hydrogens (primary N) is 1. The van der Waals surface area contributed by atoms with Crippen molar-refractivity contribution in [3.63, 3.8) is 0 Å². The number of carbonyl (C=O) groups excluding carboxylic acids is 1. The standard InChI is InChI=1S/C9H10N2O5/c1-15-5-3-6(9(12)16-2)8(10)7(4-5)11(13)14/h3-4H,10H2,1-2H3. The van der Waals surface area contributed by atoms with Crippen LogP contribution in [-0.4, -0.2) is 25.1 Å². The van der Waals surface area contributed by atoms with Gasteiger partial charge in [0.1, 0.15) is 11.4 Å². The maximum absolute atomic E-state index is 11.3. The Kier molecular flexibility index (Phi) is 3.29. The fourth-order valence-corrected chi connectivity index (χ4v) is 1.16. The summed E-state index contributed by atoms with van der Waals surface area (Å²) in [6.45, 7) is 0. The average Bonchev–Trinajstić information content (AvgIpc) is 2.28. The van der Waals surface area contributed by atoms with E-state index in [2.05, 4.69) is 4.74 Å². The van der Waals surface area contributed by atoms with Crippen molar-refractivity contribution < 1.29 is 19.2 Å². The van der Waals surface area contributed by atoms with E-state index in [1.807, 2.05) is 0 Å². The number of benzene rings is 1. The third kappa shape index (κ3) is 2.02. The fourth-order valence-electron chi connectivity index (χ4n) is 1.16. The van der Waals surface area contributed by atoms with Crippen LogP contribution in [0.3, 0.4) is 0 Å². The lowest BCUT2D eigenvalue weighted by atomic mass is 10.1. The van der Waals surface area contributed by atoms with Gasteiger partial charge in [0.05, 0.1) is 30.8 Å². The number of hydrogen-bond donors (Lipinski definition) is 1. The summed E-state index contributed by atoms with van der Waals surface area (Å²) in [5.41, 5.74) is 4.77. The van der Waals surface area contributed by atoms with Crippen LogP contribution < -0.4 is 10.5 Å². The highest BCUT2D eigenvalue weighted by molar-refractivity contribution is 5.98. The van der Waals surface area contributed by atoms with Gasteiger partial charge >= 0.3 is 5.97 Å². The molecule has 7 nitrogen and oxygen atoms in total. The van der Waals surface area contributed by atoms with E-state index in [9.17, 15) is 14.9 Å². The van der Waals surface area contributed by atoms with Gasteiger partial charge in [-0.05, 0) is 6.07 Å². The molecule has 16 heavy (non-hydrogen) atoms. The predicted octanol–water partition coefficient (Wildman–Crippen LogP) is 0.972. The van der Waals surface area contributed by atoms with Crippen LogP contribution in [0.2, 0.25) is 0 Å². The van der Waals surface area contributed by atoms with Gasteiger partial charge in [-0.3, -0.25) is 10.1 Å². The molecule has 0 heterocycles. The van der Waals surface area contributed by atoms with Crippen LogP contribution in [0.25, 0.3) is 0 Å². The van der Waals surface area contributed by atoms with Crippen LogP contribution in [0.15, 0.2) is 12.1 Å². The molecule has 2 N–H and O–H groups in total. The molecule has 1 rings (SSSR count). The Morgan fingerprint density at radius 1 is 1.44 bits per heavy atom. The number of nitrogens with zero attached hydrogens (tertiary/aromatic N) is 1. The van der Waals surface area contributed by atoms with Gasteiger partial charge < -0.3 is 15.2 Å². The third-order valence-electron chi connectivity index (χ3n) is 1.97. The van der Waals surface area contributed by atoms with Crippen LogP contribution in [0.1, 0.15) is 10.4 Å². The molecular formula is C9H10N2O5. The molecule has 0 amide bonds. The Labute approximate surface area is 90.9 Å². The Morgan fingerprint density at radius 2 is 2.06 bits per heavy atom. The smallest absolute Gasteiger partial charge is 0.340 e. The van der Waals surface area contributed by atoms with Gasteiger partial charge in [0.2, 0.25) is 0 Å². The van der Waals surface area contributed by atoms with Crippen molar-refractivity contribution in [2.75, 3.05) is 20.0 Å². The molecule has 0 saturated heterocycles. The van der Waals surface area contributed by atoms with Crippen LogP contribution in [-0.2, 0) is 4.74 Å². The van der Waals surface area contributed by atoms with Crippen molar-refractivity contribution in [3.8, 4) is 5.75 Å². The number of carbonyl (C=O) groups is 1. The van der Waals surface area contributed by atoms with Crippen LogP contribution in [0.4, 0.5) is 11.4 Å². The largest absolute Gasteiger partial charge is 0.496 e. The van der Waals surface area contributed by atoms with Gasteiger partial charge in [-0.1, -0.05) is 0 Å². The molecule has 0 atom stereocenters. The summed E-state index contributed by atoms with van der Waals surface area (Å²) in [5.74, 6) is -0.583. The Hall–Kier alpha value is -2.31. The molecule has 0 fully saturated rings. The maximum atomic E-state index is 11.3. The fraction of sp³-hybridized carbons (Fsp3) is 0.222. The predicted molar refractivity (Wildman–Crippen MR) is 55.4 cm³/mol. The first-order valence-corrected chi connectivity index (χ1v) is 4.21. The van der Waals surface area contributed by atoms with Crippen molar-refractivity contribution in [3.05, 3.63) is 27.8 Å². The van der Waals surface area contributed by atoms with E-state index in [4.69, 9.17) is 10.5 Å². The molecule has 0 spiro atoms. The molecule has 0 aromatic heterocycles. The minimum Gasteiger partial charge on any atom is -0.496 e. The first kappa shape index (κ1) is 11.8. The number of nitrogen functional groups attached to an aromatic ring is 1. The zero-order chi connectivity index (χ0) is 12.3. The molecule has 0 aliphatic carbocycles. The number of ether oxygens (including phenoxy) is 2. The van der Waals surface area contributed by atoms with Crippen molar-refractivity contribution in [1.82, 2.24) is 0 Å². The van der Waals surface area contributed by atoms with Gasteiger partial charge in [-0.25, -0.2) is 4.79 Å².